The number of hydrogen-bond acceptors (Lipinski definition) is 4. The van der Waals surface area contributed by atoms with E-state index in [9.17, 15) is 14.4 Å². The van der Waals surface area contributed by atoms with Crippen LogP contribution in [0.5, 0.6) is 0 Å². The number of anilines is 1. The van der Waals surface area contributed by atoms with Gasteiger partial charge in [0.15, 0.2) is 0 Å². The van der Waals surface area contributed by atoms with Crippen LogP contribution in [-0.2, 0) is 9.53 Å². The number of amides is 2. The van der Waals surface area contributed by atoms with E-state index in [0.29, 0.717) is 11.3 Å². The molecule has 0 radical (unpaired) electrons. The van der Waals surface area contributed by atoms with Gasteiger partial charge in [-0.2, -0.15) is 0 Å². The third kappa shape index (κ3) is 5.07. The summed E-state index contributed by atoms with van der Waals surface area (Å²) in [4.78, 5) is 32.9. The Balaban J connectivity index is 2.54. The molecule has 2 amide bonds. The number of esters is 1. The maximum atomic E-state index is 11.4. The van der Waals surface area contributed by atoms with Gasteiger partial charge in [0.2, 0.25) is 0 Å². The maximum absolute atomic E-state index is 11.4. The number of urea groups is 1. The van der Waals surface area contributed by atoms with E-state index in [4.69, 9.17) is 9.84 Å². The van der Waals surface area contributed by atoms with Crippen molar-refractivity contribution in [3.05, 3.63) is 29.8 Å². The Morgan fingerprint density at radius 1 is 1.21 bits per heavy atom. The normalized spacial score (nSPS) is 9.53. The quantitative estimate of drug-likeness (QED) is 0.691. The smallest absolute Gasteiger partial charge is 0.338 e. The zero-order valence-electron chi connectivity index (χ0n) is 10.3. The van der Waals surface area contributed by atoms with Gasteiger partial charge in [-0.1, -0.05) is 0 Å². The van der Waals surface area contributed by atoms with E-state index in [1.54, 1.807) is 6.92 Å². The van der Waals surface area contributed by atoms with Crippen molar-refractivity contribution in [2.75, 3.05) is 18.5 Å². The van der Waals surface area contributed by atoms with Crippen molar-refractivity contribution in [2.45, 2.75) is 6.92 Å². The van der Waals surface area contributed by atoms with Crippen LogP contribution in [0.3, 0.4) is 0 Å². The highest BCUT2D eigenvalue weighted by atomic mass is 16.5. The highest BCUT2D eigenvalue weighted by Gasteiger charge is 2.07. The summed E-state index contributed by atoms with van der Waals surface area (Å²) in [5, 5.41) is 13.0. The Kier molecular flexibility index (Phi) is 5.34. The average Bonchev–Trinajstić information content (AvgIpc) is 2.37. The van der Waals surface area contributed by atoms with E-state index in [2.05, 4.69) is 10.6 Å². The summed E-state index contributed by atoms with van der Waals surface area (Å²) in [5.41, 5.74) is 0.814. The molecule has 1 rings (SSSR count). The van der Waals surface area contributed by atoms with E-state index in [0.717, 1.165) is 0 Å². The number of carbonyl (C=O) groups excluding carboxylic acids is 2. The van der Waals surface area contributed by atoms with Crippen molar-refractivity contribution < 1.29 is 24.2 Å². The molecule has 0 fully saturated rings. The molecule has 0 aromatic heterocycles. The van der Waals surface area contributed by atoms with E-state index in [1.165, 1.54) is 24.3 Å². The number of carboxylic acids is 1. The number of rotatable bonds is 5. The summed E-state index contributed by atoms with van der Waals surface area (Å²) in [6.45, 7) is 1.53. The third-order valence-electron chi connectivity index (χ3n) is 2.05. The molecular formula is C12H14N2O5. The lowest BCUT2D eigenvalue weighted by atomic mass is 10.2. The zero-order valence-corrected chi connectivity index (χ0v) is 10.3. The first-order valence-corrected chi connectivity index (χ1v) is 5.56. The van der Waals surface area contributed by atoms with Crippen LogP contribution in [0, 0.1) is 0 Å². The fraction of sp³-hybridized carbons (Fsp3) is 0.250. The topological polar surface area (TPSA) is 105 Å². The summed E-state index contributed by atoms with van der Waals surface area (Å²) in [5.74, 6) is -1.57. The van der Waals surface area contributed by atoms with Crippen LogP contribution in [0.4, 0.5) is 10.5 Å². The van der Waals surface area contributed by atoms with Crippen LogP contribution in [0.2, 0.25) is 0 Å². The van der Waals surface area contributed by atoms with Crippen molar-refractivity contribution in [1.82, 2.24) is 5.32 Å². The highest BCUT2D eigenvalue weighted by Crippen LogP contribution is 2.10. The fourth-order valence-electron chi connectivity index (χ4n) is 1.24. The summed E-state index contributed by atoms with van der Waals surface area (Å²) >= 11 is 0. The minimum Gasteiger partial charge on any atom is -0.480 e. The van der Waals surface area contributed by atoms with E-state index >= 15 is 0 Å². The largest absolute Gasteiger partial charge is 0.480 e. The Morgan fingerprint density at radius 3 is 2.37 bits per heavy atom. The molecule has 102 valence electrons. The molecule has 3 N–H and O–H groups in total. The lowest BCUT2D eigenvalue weighted by Gasteiger charge is -2.06. The van der Waals surface area contributed by atoms with Crippen molar-refractivity contribution in [2.24, 2.45) is 0 Å². The Hall–Kier alpha value is -2.57. The fourth-order valence-corrected chi connectivity index (χ4v) is 1.24. The molecule has 1 aromatic rings. The summed E-state index contributed by atoms with van der Waals surface area (Å²) in [6.07, 6.45) is 0. The van der Waals surface area contributed by atoms with Gasteiger partial charge >= 0.3 is 18.0 Å². The van der Waals surface area contributed by atoms with Crippen LogP contribution in [-0.4, -0.2) is 36.2 Å². The predicted octanol–water partition coefficient (Wildman–Crippen LogP) is 1.07. The molecule has 0 saturated carbocycles. The SMILES string of the molecule is CCOC(=O)c1ccc(NC(=O)NCC(=O)O)cc1. The van der Waals surface area contributed by atoms with Gasteiger partial charge in [0.05, 0.1) is 12.2 Å². The second kappa shape index (κ2) is 7.00. The van der Waals surface area contributed by atoms with E-state index in [1.807, 2.05) is 0 Å². The van der Waals surface area contributed by atoms with Gasteiger partial charge in [0.1, 0.15) is 6.54 Å². The predicted molar refractivity (Wildman–Crippen MR) is 67.1 cm³/mol. The number of carboxylic acid groups (broad SMARTS) is 1. The van der Waals surface area contributed by atoms with Gasteiger partial charge in [-0.25, -0.2) is 9.59 Å². The van der Waals surface area contributed by atoms with Gasteiger partial charge in [-0.3, -0.25) is 4.79 Å². The monoisotopic (exact) mass is 266 g/mol. The molecule has 1 aromatic carbocycles. The number of nitrogens with one attached hydrogen (secondary N) is 2. The molecule has 0 bridgehead atoms. The van der Waals surface area contributed by atoms with Crippen molar-refractivity contribution in [3.63, 3.8) is 0 Å². The van der Waals surface area contributed by atoms with Crippen LogP contribution < -0.4 is 10.6 Å². The Morgan fingerprint density at radius 2 is 1.84 bits per heavy atom. The molecule has 0 aliphatic carbocycles. The molecule has 0 unspecified atom stereocenters. The molecule has 0 saturated heterocycles. The average molecular weight is 266 g/mol. The van der Waals surface area contributed by atoms with E-state index < -0.39 is 24.5 Å². The van der Waals surface area contributed by atoms with E-state index in [-0.39, 0.29) is 6.61 Å². The minimum absolute atomic E-state index is 0.288. The zero-order chi connectivity index (χ0) is 14.3. The van der Waals surface area contributed by atoms with Gasteiger partial charge < -0.3 is 20.5 Å². The van der Waals surface area contributed by atoms with Crippen molar-refractivity contribution in [3.8, 4) is 0 Å². The lowest BCUT2D eigenvalue weighted by Crippen LogP contribution is -2.33. The Labute approximate surface area is 109 Å². The Bertz CT molecular complexity index is 470. The van der Waals surface area contributed by atoms with Crippen LogP contribution >= 0.6 is 0 Å². The van der Waals surface area contributed by atoms with Gasteiger partial charge in [-0.15, -0.1) is 0 Å². The second-order valence-electron chi connectivity index (χ2n) is 3.50. The van der Waals surface area contributed by atoms with Gasteiger partial charge in [0, 0.05) is 5.69 Å². The molecule has 7 nitrogen and oxygen atoms in total. The number of ether oxygens (including phenoxy) is 1. The van der Waals surface area contributed by atoms with Crippen LogP contribution in [0.1, 0.15) is 17.3 Å². The van der Waals surface area contributed by atoms with Crippen molar-refractivity contribution >= 4 is 23.7 Å². The standard InChI is InChI=1S/C12H14N2O5/c1-2-19-11(17)8-3-5-9(6-4-8)14-12(18)13-7-10(15)16/h3-6H,2,7H2,1H3,(H,15,16)(H2,13,14,18). The molecule has 19 heavy (non-hydrogen) atoms. The highest BCUT2D eigenvalue weighted by molar-refractivity contribution is 5.93. The molecule has 0 aliphatic rings. The lowest BCUT2D eigenvalue weighted by molar-refractivity contribution is -0.135. The van der Waals surface area contributed by atoms with Crippen LogP contribution in [0.25, 0.3) is 0 Å². The number of aliphatic carboxylic acids is 1. The maximum Gasteiger partial charge on any atom is 0.338 e. The molecule has 0 aliphatic heterocycles. The summed E-state index contributed by atoms with van der Waals surface area (Å²) < 4.78 is 4.81. The van der Waals surface area contributed by atoms with Gasteiger partial charge in [0.25, 0.3) is 0 Å². The number of benzene rings is 1. The summed E-state index contributed by atoms with van der Waals surface area (Å²) in [7, 11) is 0. The number of hydrogen-bond donors (Lipinski definition) is 3. The molecule has 7 heteroatoms. The van der Waals surface area contributed by atoms with Crippen LogP contribution in [0.15, 0.2) is 24.3 Å². The van der Waals surface area contributed by atoms with Gasteiger partial charge in [-0.05, 0) is 31.2 Å². The molecule has 0 spiro atoms. The second-order valence-corrected chi connectivity index (χ2v) is 3.50. The summed E-state index contributed by atoms with van der Waals surface area (Å²) in [6, 6.07) is 5.42. The first-order chi connectivity index (χ1) is 9.02. The molecule has 0 atom stereocenters. The minimum atomic E-state index is -1.13. The van der Waals surface area contributed by atoms with Crippen molar-refractivity contribution in [1.29, 1.82) is 0 Å². The third-order valence-corrected chi connectivity index (χ3v) is 2.05. The number of carbonyl (C=O) groups is 3. The molecular weight excluding hydrogens is 252 g/mol. The first-order valence-electron chi connectivity index (χ1n) is 5.56. The molecule has 0 heterocycles. The first kappa shape index (κ1) is 14.5.